The third-order valence-corrected chi connectivity index (χ3v) is 4.24. The van der Waals surface area contributed by atoms with Crippen molar-refractivity contribution in [1.29, 1.82) is 5.26 Å². The molecule has 3 aromatic rings. The van der Waals surface area contributed by atoms with Gasteiger partial charge in [0, 0.05) is 12.4 Å². The number of alkyl halides is 6. The van der Waals surface area contributed by atoms with Crippen molar-refractivity contribution in [1.82, 2.24) is 9.55 Å². The van der Waals surface area contributed by atoms with Gasteiger partial charge in [-0.3, -0.25) is 0 Å². The van der Waals surface area contributed by atoms with Crippen LogP contribution in [0.1, 0.15) is 11.1 Å². The summed E-state index contributed by atoms with van der Waals surface area (Å²) >= 11 is 0. The van der Waals surface area contributed by atoms with E-state index in [1.807, 2.05) is 6.07 Å². The average Bonchev–Trinajstić information content (AvgIpc) is 3.20. The molecule has 0 fully saturated rings. The minimum atomic E-state index is -4.48. The Kier molecular flexibility index (Phi) is 7.32. The van der Waals surface area contributed by atoms with Crippen molar-refractivity contribution in [3.63, 3.8) is 0 Å². The van der Waals surface area contributed by atoms with Crippen LogP contribution in [0.3, 0.4) is 0 Å². The number of imidazole rings is 1. The van der Waals surface area contributed by atoms with Crippen LogP contribution < -0.4 is 10.9 Å². The molecule has 10 heteroatoms. The van der Waals surface area contributed by atoms with Crippen molar-refractivity contribution in [3.8, 4) is 6.07 Å². The van der Waals surface area contributed by atoms with Crippen LogP contribution in [0.4, 0.5) is 26.3 Å². The average molecular weight is 423 g/mol. The zero-order chi connectivity index (χ0) is 22.4. The lowest BCUT2D eigenvalue weighted by atomic mass is 9.42. The van der Waals surface area contributed by atoms with E-state index in [1.54, 1.807) is 30.1 Å². The van der Waals surface area contributed by atoms with E-state index in [1.165, 1.54) is 24.3 Å². The SMILES string of the molecule is CB(c1cccc(C(F)(F)F)c1)c1cccc(C(F)(F)F)c1.N#CCn1ccnc1. The second-order valence-electron chi connectivity index (χ2n) is 6.36. The first-order chi connectivity index (χ1) is 14.0. The summed E-state index contributed by atoms with van der Waals surface area (Å²) in [7, 11) is 0. The summed E-state index contributed by atoms with van der Waals surface area (Å²) in [4.78, 5) is 3.75. The monoisotopic (exact) mass is 423 g/mol. The molecular formula is C20H16BF6N3. The maximum Gasteiger partial charge on any atom is 0.416 e. The summed E-state index contributed by atoms with van der Waals surface area (Å²) < 4.78 is 77.9. The van der Waals surface area contributed by atoms with Gasteiger partial charge in [0.25, 0.3) is 0 Å². The molecule has 1 heterocycles. The van der Waals surface area contributed by atoms with Crippen LogP contribution in [-0.2, 0) is 18.9 Å². The van der Waals surface area contributed by atoms with Gasteiger partial charge in [-0.25, -0.2) is 4.98 Å². The fourth-order valence-corrected chi connectivity index (χ4v) is 2.62. The summed E-state index contributed by atoms with van der Waals surface area (Å²) in [6.07, 6.45) is -3.95. The lowest BCUT2D eigenvalue weighted by Gasteiger charge is -2.14. The standard InChI is InChI=1S/C15H11BF6.C5H5N3/c1-16(12-6-2-4-10(8-12)14(17,18)19)13-7-3-5-11(9-13)15(20,21)22;6-1-3-8-4-2-7-5-8/h2-9H,1H3;2,4-5H,3H2. The summed E-state index contributed by atoms with van der Waals surface area (Å²) in [5.74, 6) is 0. The summed E-state index contributed by atoms with van der Waals surface area (Å²) in [6.45, 7) is 1.38. The molecule has 0 atom stereocenters. The van der Waals surface area contributed by atoms with Gasteiger partial charge in [0.05, 0.1) is 23.5 Å². The number of aromatic nitrogens is 2. The Labute approximate surface area is 169 Å². The summed E-state index contributed by atoms with van der Waals surface area (Å²) in [5, 5.41) is 8.14. The lowest BCUT2D eigenvalue weighted by molar-refractivity contribution is -0.138. The van der Waals surface area contributed by atoms with Crippen molar-refractivity contribution >= 4 is 17.6 Å². The summed E-state index contributed by atoms with van der Waals surface area (Å²) in [6, 6.07) is 11.2. The van der Waals surface area contributed by atoms with E-state index in [2.05, 4.69) is 4.98 Å². The Morgan fingerprint density at radius 3 is 1.80 bits per heavy atom. The van der Waals surface area contributed by atoms with Gasteiger partial charge in [-0.05, 0) is 0 Å². The lowest BCUT2D eigenvalue weighted by Crippen LogP contribution is -2.40. The molecular weight excluding hydrogens is 407 g/mol. The smallest absolute Gasteiger partial charge is 0.324 e. The van der Waals surface area contributed by atoms with E-state index < -0.39 is 30.2 Å². The van der Waals surface area contributed by atoms with Crippen LogP contribution in [0.5, 0.6) is 0 Å². The van der Waals surface area contributed by atoms with Crippen molar-refractivity contribution in [2.75, 3.05) is 0 Å². The molecule has 0 aliphatic carbocycles. The fourth-order valence-electron chi connectivity index (χ4n) is 2.62. The van der Waals surface area contributed by atoms with E-state index in [4.69, 9.17) is 5.26 Å². The van der Waals surface area contributed by atoms with Crippen LogP contribution >= 0.6 is 0 Å². The molecule has 0 aliphatic heterocycles. The maximum atomic E-state index is 12.7. The largest absolute Gasteiger partial charge is 0.416 e. The van der Waals surface area contributed by atoms with Crippen LogP contribution in [-0.4, -0.2) is 16.3 Å². The Morgan fingerprint density at radius 2 is 1.43 bits per heavy atom. The predicted molar refractivity (Wildman–Crippen MR) is 102 cm³/mol. The number of nitrogens with zero attached hydrogens (tertiary/aromatic N) is 3. The Bertz CT molecular complexity index is 933. The highest BCUT2D eigenvalue weighted by Gasteiger charge is 2.32. The van der Waals surface area contributed by atoms with Gasteiger partial charge in [-0.1, -0.05) is 66.3 Å². The zero-order valence-electron chi connectivity index (χ0n) is 15.7. The van der Waals surface area contributed by atoms with Crippen LogP contribution in [0.15, 0.2) is 67.3 Å². The normalized spacial score (nSPS) is 11.3. The molecule has 3 nitrogen and oxygen atoms in total. The molecule has 156 valence electrons. The Balaban J connectivity index is 0.000000335. The molecule has 0 unspecified atom stereocenters. The molecule has 0 aliphatic rings. The van der Waals surface area contributed by atoms with E-state index in [0.29, 0.717) is 17.5 Å². The first-order valence-corrected chi connectivity index (χ1v) is 8.69. The molecule has 0 radical (unpaired) electrons. The fraction of sp³-hybridized carbons (Fsp3) is 0.200. The second kappa shape index (κ2) is 9.52. The van der Waals surface area contributed by atoms with E-state index in [0.717, 1.165) is 24.3 Å². The van der Waals surface area contributed by atoms with Gasteiger partial charge in [0.15, 0.2) is 0 Å². The maximum absolute atomic E-state index is 12.7. The van der Waals surface area contributed by atoms with Crippen LogP contribution in [0, 0.1) is 11.3 Å². The molecule has 0 N–H and O–H groups in total. The van der Waals surface area contributed by atoms with Crippen molar-refractivity contribution in [2.45, 2.75) is 25.7 Å². The molecule has 0 saturated carbocycles. The summed E-state index contributed by atoms with van der Waals surface area (Å²) in [5.41, 5.74) is -1.00. The first-order valence-electron chi connectivity index (χ1n) is 8.69. The number of rotatable bonds is 3. The van der Waals surface area contributed by atoms with E-state index >= 15 is 0 Å². The highest BCUT2D eigenvalue weighted by atomic mass is 19.4. The van der Waals surface area contributed by atoms with Gasteiger partial charge in [0.2, 0.25) is 6.71 Å². The molecule has 0 spiro atoms. The molecule has 30 heavy (non-hydrogen) atoms. The first kappa shape index (κ1) is 23.1. The Hall–Kier alpha value is -3.22. The van der Waals surface area contributed by atoms with Crippen LogP contribution in [0.25, 0.3) is 0 Å². The number of halogens is 6. The minimum absolute atomic E-state index is 0.314. The van der Waals surface area contributed by atoms with Crippen molar-refractivity contribution < 1.29 is 26.3 Å². The Morgan fingerprint density at radius 1 is 0.933 bits per heavy atom. The van der Waals surface area contributed by atoms with E-state index in [-0.39, 0.29) is 0 Å². The number of hydrogen-bond acceptors (Lipinski definition) is 2. The minimum Gasteiger partial charge on any atom is -0.324 e. The van der Waals surface area contributed by atoms with Gasteiger partial charge in [-0.2, -0.15) is 31.6 Å². The van der Waals surface area contributed by atoms with Gasteiger partial charge < -0.3 is 4.57 Å². The molecule has 2 aromatic carbocycles. The predicted octanol–water partition coefficient (Wildman–Crippen LogP) is 4.37. The number of hydrogen-bond donors (Lipinski definition) is 0. The van der Waals surface area contributed by atoms with Gasteiger partial charge in [0.1, 0.15) is 6.54 Å². The molecule has 0 bridgehead atoms. The number of benzene rings is 2. The van der Waals surface area contributed by atoms with Gasteiger partial charge in [-0.15, -0.1) is 0 Å². The zero-order valence-corrected chi connectivity index (χ0v) is 15.7. The third-order valence-electron chi connectivity index (χ3n) is 4.24. The topological polar surface area (TPSA) is 41.6 Å². The van der Waals surface area contributed by atoms with Gasteiger partial charge >= 0.3 is 12.4 Å². The highest BCUT2D eigenvalue weighted by molar-refractivity contribution is 6.84. The van der Waals surface area contributed by atoms with Crippen molar-refractivity contribution in [2.24, 2.45) is 0 Å². The number of nitriles is 1. The highest BCUT2D eigenvalue weighted by Crippen LogP contribution is 2.29. The van der Waals surface area contributed by atoms with Crippen LogP contribution in [0.2, 0.25) is 6.82 Å². The molecule has 3 rings (SSSR count). The molecule has 1 aromatic heterocycles. The van der Waals surface area contributed by atoms with Crippen molar-refractivity contribution in [3.05, 3.63) is 78.4 Å². The van der Waals surface area contributed by atoms with E-state index in [9.17, 15) is 26.3 Å². The quantitative estimate of drug-likeness (QED) is 0.464. The molecule has 0 saturated heterocycles. The second-order valence-corrected chi connectivity index (χ2v) is 6.36. The third kappa shape index (κ3) is 6.41. The molecule has 0 amide bonds.